The second-order valence-electron chi connectivity index (χ2n) is 10.0. The quantitative estimate of drug-likeness (QED) is 0.183. The van der Waals surface area contributed by atoms with Gasteiger partial charge in [0.1, 0.15) is 5.82 Å². The van der Waals surface area contributed by atoms with Crippen LogP contribution in [-0.2, 0) is 30.5 Å². The van der Waals surface area contributed by atoms with E-state index in [4.69, 9.17) is 4.74 Å². The van der Waals surface area contributed by atoms with Crippen molar-refractivity contribution >= 4 is 0 Å². The van der Waals surface area contributed by atoms with E-state index in [-0.39, 0.29) is 24.0 Å². The van der Waals surface area contributed by atoms with E-state index in [1.807, 2.05) is 6.92 Å². The molecule has 40 heavy (non-hydrogen) atoms. The summed E-state index contributed by atoms with van der Waals surface area (Å²) in [7, 11) is 0. The van der Waals surface area contributed by atoms with Crippen molar-refractivity contribution in [1.82, 2.24) is 0 Å². The SMILES string of the molecule is CCCCCc1ccc([C@@](C)(F)Oc2ccc3c(c2F)C(F)(F)C(F)(F)c2c-3ccc(CCC)c2F)c(F)c1F. The second kappa shape index (κ2) is 10.7. The average Bonchev–Trinajstić information content (AvgIpc) is 2.87. The second-order valence-corrected chi connectivity index (χ2v) is 10.0. The van der Waals surface area contributed by atoms with Gasteiger partial charge in [-0.3, -0.25) is 0 Å². The summed E-state index contributed by atoms with van der Waals surface area (Å²) in [5.74, 6) is -21.4. The van der Waals surface area contributed by atoms with Gasteiger partial charge in [0.15, 0.2) is 23.2 Å². The van der Waals surface area contributed by atoms with Gasteiger partial charge >= 0.3 is 11.8 Å². The molecule has 1 atom stereocenters. The Morgan fingerprint density at radius 3 is 1.80 bits per heavy atom. The van der Waals surface area contributed by atoms with Gasteiger partial charge in [-0.15, -0.1) is 0 Å². The molecule has 1 aliphatic rings. The van der Waals surface area contributed by atoms with Gasteiger partial charge in [-0.1, -0.05) is 51.3 Å². The van der Waals surface area contributed by atoms with E-state index in [9.17, 15) is 8.78 Å². The van der Waals surface area contributed by atoms with E-state index < -0.39 is 74.5 Å². The summed E-state index contributed by atoms with van der Waals surface area (Å²) in [5, 5.41) is 0. The number of hydrogen-bond acceptors (Lipinski definition) is 1. The van der Waals surface area contributed by atoms with Crippen LogP contribution in [0.2, 0.25) is 0 Å². The Morgan fingerprint density at radius 1 is 0.650 bits per heavy atom. The summed E-state index contributed by atoms with van der Waals surface area (Å²) in [4.78, 5) is 0. The number of halogens is 9. The molecule has 0 radical (unpaired) electrons. The van der Waals surface area contributed by atoms with Crippen molar-refractivity contribution in [3.63, 3.8) is 0 Å². The maximum Gasteiger partial charge on any atom is 0.343 e. The van der Waals surface area contributed by atoms with Crippen LogP contribution in [0.25, 0.3) is 11.1 Å². The lowest BCUT2D eigenvalue weighted by molar-refractivity contribution is -0.228. The van der Waals surface area contributed by atoms with Gasteiger partial charge in [-0.25, -0.2) is 17.6 Å². The van der Waals surface area contributed by atoms with Crippen LogP contribution < -0.4 is 4.74 Å². The molecule has 0 aromatic heterocycles. The van der Waals surface area contributed by atoms with Crippen molar-refractivity contribution in [2.75, 3.05) is 0 Å². The Morgan fingerprint density at radius 2 is 1.20 bits per heavy atom. The third-order valence-electron chi connectivity index (χ3n) is 7.15. The Hall–Kier alpha value is -3.17. The molecule has 0 saturated heterocycles. The molecule has 0 unspecified atom stereocenters. The molecule has 1 aliphatic carbocycles. The lowest BCUT2D eigenvalue weighted by Gasteiger charge is -2.36. The topological polar surface area (TPSA) is 9.23 Å². The Balaban J connectivity index is 1.78. The summed E-state index contributed by atoms with van der Waals surface area (Å²) < 4.78 is 141. The summed E-state index contributed by atoms with van der Waals surface area (Å²) in [6.45, 7) is 4.18. The Bertz CT molecular complexity index is 1430. The molecule has 0 amide bonds. The molecular formula is C30H27F9O. The highest BCUT2D eigenvalue weighted by molar-refractivity contribution is 5.77. The van der Waals surface area contributed by atoms with Gasteiger partial charge in [0.25, 0.3) is 5.85 Å². The zero-order chi connectivity index (χ0) is 29.6. The molecule has 3 aromatic carbocycles. The normalized spacial score (nSPS) is 16.7. The fourth-order valence-corrected chi connectivity index (χ4v) is 5.05. The first kappa shape index (κ1) is 29.8. The molecule has 3 aromatic rings. The molecule has 4 rings (SSSR count). The highest BCUT2D eigenvalue weighted by atomic mass is 19.3. The highest BCUT2D eigenvalue weighted by Gasteiger charge is 2.65. The van der Waals surface area contributed by atoms with Crippen LogP contribution in [0.3, 0.4) is 0 Å². The first-order chi connectivity index (χ1) is 18.7. The minimum Gasteiger partial charge on any atom is -0.451 e. The van der Waals surface area contributed by atoms with E-state index in [1.54, 1.807) is 6.92 Å². The highest BCUT2D eigenvalue weighted by Crippen LogP contribution is 2.60. The van der Waals surface area contributed by atoms with Crippen LogP contribution in [0.1, 0.15) is 74.3 Å². The van der Waals surface area contributed by atoms with E-state index in [0.717, 1.165) is 43.2 Å². The summed E-state index contributed by atoms with van der Waals surface area (Å²) in [6.07, 6.45) is 2.70. The lowest BCUT2D eigenvalue weighted by atomic mass is 9.78. The fraction of sp³-hybridized carbons (Fsp3) is 0.400. The van der Waals surface area contributed by atoms with Crippen LogP contribution in [0.4, 0.5) is 39.5 Å². The van der Waals surface area contributed by atoms with E-state index in [0.29, 0.717) is 25.8 Å². The molecule has 0 fully saturated rings. The van der Waals surface area contributed by atoms with Crippen molar-refractivity contribution in [2.45, 2.75) is 77.0 Å². The van der Waals surface area contributed by atoms with Crippen molar-refractivity contribution < 1.29 is 44.3 Å². The Labute approximate surface area is 226 Å². The molecule has 216 valence electrons. The average molecular weight is 575 g/mol. The van der Waals surface area contributed by atoms with Crippen molar-refractivity contribution in [3.8, 4) is 16.9 Å². The zero-order valence-electron chi connectivity index (χ0n) is 22.0. The van der Waals surface area contributed by atoms with Gasteiger partial charge in [0.2, 0.25) is 0 Å². The lowest BCUT2D eigenvalue weighted by Crippen LogP contribution is -2.41. The van der Waals surface area contributed by atoms with E-state index >= 15 is 30.7 Å². The molecule has 1 nitrogen and oxygen atoms in total. The number of alkyl halides is 5. The molecule has 0 heterocycles. The first-order valence-electron chi connectivity index (χ1n) is 13.0. The molecule has 10 heteroatoms. The van der Waals surface area contributed by atoms with Gasteiger partial charge in [0, 0.05) is 6.92 Å². The van der Waals surface area contributed by atoms with E-state index in [1.165, 1.54) is 0 Å². The summed E-state index contributed by atoms with van der Waals surface area (Å²) >= 11 is 0. The third kappa shape index (κ3) is 4.73. The number of aryl methyl sites for hydroxylation is 2. The van der Waals surface area contributed by atoms with Crippen molar-refractivity contribution in [3.05, 3.63) is 87.5 Å². The minimum absolute atomic E-state index is 0.0136. The smallest absolute Gasteiger partial charge is 0.343 e. The third-order valence-corrected chi connectivity index (χ3v) is 7.15. The molecule has 0 aliphatic heterocycles. The molecule has 0 saturated carbocycles. The fourth-order valence-electron chi connectivity index (χ4n) is 5.05. The predicted molar refractivity (Wildman–Crippen MR) is 132 cm³/mol. The molecule has 0 spiro atoms. The van der Waals surface area contributed by atoms with Gasteiger partial charge < -0.3 is 4.74 Å². The van der Waals surface area contributed by atoms with Crippen LogP contribution >= 0.6 is 0 Å². The maximum absolute atomic E-state index is 15.6. The summed E-state index contributed by atoms with van der Waals surface area (Å²) in [5.41, 5.74) is -5.95. The number of fused-ring (bicyclic) bond motifs is 3. The Kier molecular flexibility index (Phi) is 7.95. The molecule has 0 bridgehead atoms. The standard InChI is InChI=1S/C30H27F9O/c1-4-6-7-9-17-11-14-20(26(33)25(17)32)28(3,35)40-21-15-13-19-18-12-10-16(8-5-2)24(31)22(18)29(36,37)30(38,39)23(19)27(21)34/h10-15H,4-9H2,1-3H3/t28-/m0/s1. The number of rotatable bonds is 9. The number of unbranched alkanes of at least 4 members (excludes halogenated alkanes) is 2. The monoisotopic (exact) mass is 574 g/mol. The first-order valence-corrected chi connectivity index (χ1v) is 13.0. The largest absolute Gasteiger partial charge is 0.451 e. The maximum atomic E-state index is 15.6. The molecular weight excluding hydrogens is 547 g/mol. The van der Waals surface area contributed by atoms with Gasteiger partial charge in [-0.05, 0) is 59.7 Å². The molecule has 0 N–H and O–H groups in total. The van der Waals surface area contributed by atoms with Crippen molar-refractivity contribution in [2.24, 2.45) is 0 Å². The van der Waals surface area contributed by atoms with Crippen LogP contribution in [0.5, 0.6) is 5.75 Å². The van der Waals surface area contributed by atoms with E-state index in [2.05, 4.69) is 0 Å². The number of hydrogen-bond donors (Lipinski definition) is 0. The minimum atomic E-state index is -5.26. The van der Waals surface area contributed by atoms with Gasteiger partial charge in [0.05, 0.1) is 16.7 Å². The summed E-state index contributed by atoms with van der Waals surface area (Å²) in [6, 6.07) is 5.67. The van der Waals surface area contributed by atoms with Gasteiger partial charge in [-0.2, -0.15) is 22.0 Å². The van der Waals surface area contributed by atoms with Crippen LogP contribution in [0, 0.1) is 23.3 Å². The van der Waals surface area contributed by atoms with Crippen LogP contribution in [-0.4, -0.2) is 0 Å². The van der Waals surface area contributed by atoms with Crippen LogP contribution in [0.15, 0.2) is 36.4 Å². The number of ether oxygens (including phenoxy) is 1. The zero-order valence-corrected chi connectivity index (χ0v) is 22.0. The predicted octanol–water partition coefficient (Wildman–Crippen LogP) is 10.0. The van der Waals surface area contributed by atoms with Crippen molar-refractivity contribution in [1.29, 1.82) is 0 Å². The number of benzene rings is 3.